The van der Waals surface area contributed by atoms with Crippen molar-refractivity contribution in [1.82, 2.24) is 10.3 Å². The first-order valence-corrected chi connectivity index (χ1v) is 11.5. The second-order valence-electron chi connectivity index (χ2n) is 7.14. The topological polar surface area (TPSA) is 65.5 Å². The molecule has 7 heteroatoms. The summed E-state index contributed by atoms with van der Waals surface area (Å²) in [5, 5.41) is 5.32. The maximum absolute atomic E-state index is 12.2. The lowest BCUT2D eigenvalue weighted by molar-refractivity contribution is -0.117. The minimum Gasteiger partial charge on any atom is -0.372 e. The molecule has 2 aromatic carbocycles. The smallest absolute Gasteiger partial charge is 0.244 e. The fraction of sp³-hybridized carbons (Fsp3) is 0.240. The van der Waals surface area contributed by atoms with Gasteiger partial charge in [0.15, 0.2) is 5.13 Å². The van der Waals surface area contributed by atoms with Gasteiger partial charge in [0.1, 0.15) is 0 Å². The molecule has 0 fully saturated rings. The molecule has 0 saturated heterocycles. The molecule has 0 spiro atoms. The molecule has 0 radical (unpaired) electrons. The summed E-state index contributed by atoms with van der Waals surface area (Å²) < 4.78 is 0. The number of amides is 2. The molecule has 32 heavy (non-hydrogen) atoms. The van der Waals surface area contributed by atoms with Crippen LogP contribution in [0.3, 0.4) is 0 Å². The van der Waals surface area contributed by atoms with Crippen molar-refractivity contribution in [3.63, 3.8) is 0 Å². The Morgan fingerprint density at radius 1 is 1.03 bits per heavy atom. The minimum atomic E-state index is -0.159. The van der Waals surface area contributed by atoms with Crippen LogP contribution in [0, 0.1) is 0 Å². The number of hydrogen-bond donors (Lipinski definition) is 1. The molecule has 0 saturated carbocycles. The minimum absolute atomic E-state index is 0.115. The SMILES string of the molecule is CCN(CCCNC(=O)/C=C/c1csc(N(C(C)=O)c2ccccc2)n1)c1ccccc1. The summed E-state index contributed by atoms with van der Waals surface area (Å²) in [5.74, 6) is -0.274. The summed E-state index contributed by atoms with van der Waals surface area (Å²) in [6.45, 7) is 6.03. The summed E-state index contributed by atoms with van der Waals surface area (Å²) in [6, 6.07) is 19.6. The van der Waals surface area contributed by atoms with Crippen molar-refractivity contribution >= 4 is 45.7 Å². The van der Waals surface area contributed by atoms with Gasteiger partial charge in [-0.1, -0.05) is 36.4 Å². The normalized spacial score (nSPS) is 10.8. The number of nitrogens with zero attached hydrogens (tertiary/aromatic N) is 3. The van der Waals surface area contributed by atoms with E-state index in [1.165, 1.54) is 30.0 Å². The molecule has 6 nitrogen and oxygen atoms in total. The fourth-order valence-electron chi connectivity index (χ4n) is 3.27. The Morgan fingerprint density at radius 2 is 1.69 bits per heavy atom. The highest BCUT2D eigenvalue weighted by molar-refractivity contribution is 7.14. The Morgan fingerprint density at radius 3 is 2.31 bits per heavy atom. The summed E-state index contributed by atoms with van der Waals surface area (Å²) in [5.41, 5.74) is 2.60. The number of carbonyl (C=O) groups is 2. The van der Waals surface area contributed by atoms with Crippen molar-refractivity contribution in [3.8, 4) is 0 Å². The van der Waals surface area contributed by atoms with E-state index in [0.29, 0.717) is 17.4 Å². The Kier molecular flexibility index (Phi) is 8.57. The van der Waals surface area contributed by atoms with E-state index in [1.54, 1.807) is 11.0 Å². The molecule has 0 aliphatic rings. The maximum Gasteiger partial charge on any atom is 0.244 e. The van der Waals surface area contributed by atoms with E-state index in [2.05, 4.69) is 34.3 Å². The van der Waals surface area contributed by atoms with E-state index >= 15 is 0 Å². The molecular formula is C25H28N4O2S. The van der Waals surface area contributed by atoms with Gasteiger partial charge in [-0.25, -0.2) is 4.98 Å². The van der Waals surface area contributed by atoms with Gasteiger partial charge in [0.05, 0.1) is 11.4 Å². The molecule has 0 aliphatic heterocycles. The number of anilines is 3. The number of benzene rings is 2. The van der Waals surface area contributed by atoms with Crippen molar-refractivity contribution < 1.29 is 9.59 Å². The first-order chi connectivity index (χ1) is 15.6. The van der Waals surface area contributed by atoms with Crippen molar-refractivity contribution in [3.05, 3.63) is 77.8 Å². The van der Waals surface area contributed by atoms with Gasteiger partial charge in [-0.3, -0.25) is 14.5 Å². The first-order valence-electron chi connectivity index (χ1n) is 10.7. The summed E-state index contributed by atoms with van der Waals surface area (Å²) in [6.07, 6.45) is 4.00. The molecule has 2 amide bonds. The predicted molar refractivity (Wildman–Crippen MR) is 132 cm³/mol. The van der Waals surface area contributed by atoms with Crippen LogP contribution >= 0.6 is 11.3 Å². The van der Waals surface area contributed by atoms with Gasteiger partial charge in [0.25, 0.3) is 0 Å². The number of thiazole rings is 1. The molecule has 166 valence electrons. The second kappa shape index (κ2) is 11.8. The van der Waals surface area contributed by atoms with Crippen LogP contribution in [-0.2, 0) is 9.59 Å². The van der Waals surface area contributed by atoms with Gasteiger partial charge in [0.2, 0.25) is 11.8 Å². The Labute approximate surface area is 193 Å². The predicted octanol–water partition coefficient (Wildman–Crippen LogP) is 4.87. The van der Waals surface area contributed by atoms with Crippen LogP contribution in [0.4, 0.5) is 16.5 Å². The van der Waals surface area contributed by atoms with Crippen molar-refractivity contribution in [2.24, 2.45) is 0 Å². The number of hydrogen-bond acceptors (Lipinski definition) is 5. The second-order valence-corrected chi connectivity index (χ2v) is 7.97. The first kappa shape index (κ1) is 23.2. The molecule has 0 aliphatic carbocycles. The summed E-state index contributed by atoms with van der Waals surface area (Å²) >= 11 is 1.36. The van der Waals surface area contributed by atoms with E-state index in [4.69, 9.17) is 0 Å². The average molecular weight is 449 g/mol. The number of nitrogens with one attached hydrogen (secondary N) is 1. The highest BCUT2D eigenvalue weighted by Gasteiger charge is 2.17. The molecule has 0 unspecified atom stereocenters. The Bertz CT molecular complexity index is 1030. The van der Waals surface area contributed by atoms with E-state index in [0.717, 1.165) is 25.2 Å². The lowest BCUT2D eigenvalue weighted by Gasteiger charge is -2.23. The Balaban J connectivity index is 1.49. The van der Waals surface area contributed by atoms with Crippen molar-refractivity contribution in [2.75, 3.05) is 29.4 Å². The van der Waals surface area contributed by atoms with Crippen LogP contribution in [0.1, 0.15) is 26.0 Å². The van der Waals surface area contributed by atoms with Crippen LogP contribution < -0.4 is 15.1 Å². The molecule has 3 rings (SSSR count). The van der Waals surface area contributed by atoms with Gasteiger partial charge in [-0.15, -0.1) is 11.3 Å². The number of para-hydroxylation sites is 2. The third-order valence-electron chi connectivity index (χ3n) is 4.84. The molecule has 1 aromatic heterocycles. The lowest BCUT2D eigenvalue weighted by atomic mass is 10.2. The lowest BCUT2D eigenvalue weighted by Crippen LogP contribution is -2.29. The molecule has 0 bridgehead atoms. The zero-order valence-electron chi connectivity index (χ0n) is 18.4. The zero-order valence-corrected chi connectivity index (χ0v) is 19.2. The van der Waals surface area contributed by atoms with Crippen LogP contribution in [0.25, 0.3) is 6.08 Å². The number of aromatic nitrogens is 1. The third kappa shape index (κ3) is 6.52. The van der Waals surface area contributed by atoms with Gasteiger partial charge in [0, 0.05) is 43.7 Å². The molecule has 3 aromatic rings. The van der Waals surface area contributed by atoms with E-state index in [1.807, 2.05) is 53.9 Å². The third-order valence-corrected chi connectivity index (χ3v) is 5.69. The van der Waals surface area contributed by atoms with Crippen LogP contribution in [0.5, 0.6) is 0 Å². The van der Waals surface area contributed by atoms with Crippen molar-refractivity contribution in [2.45, 2.75) is 20.3 Å². The monoisotopic (exact) mass is 448 g/mol. The molecule has 0 atom stereocenters. The van der Waals surface area contributed by atoms with Gasteiger partial charge in [-0.05, 0) is 43.7 Å². The highest BCUT2D eigenvalue weighted by atomic mass is 32.1. The zero-order chi connectivity index (χ0) is 22.8. The van der Waals surface area contributed by atoms with Crippen molar-refractivity contribution in [1.29, 1.82) is 0 Å². The van der Waals surface area contributed by atoms with Crippen LogP contribution in [-0.4, -0.2) is 36.4 Å². The van der Waals surface area contributed by atoms with Crippen LogP contribution in [0.15, 0.2) is 72.1 Å². The standard InChI is InChI=1S/C25H28N4O2S/c1-3-28(22-11-6-4-7-12-22)18-10-17-26-24(31)16-15-21-19-32-25(27-21)29(20(2)30)23-13-8-5-9-14-23/h4-9,11-16,19H,3,10,17-18H2,1-2H3,(H,26,31)/b16-15+. The highest BCUT2D eigenvalue weighted by Crippen LogP contribution is 2.29. The van der Waals surface area contributed by atoms with Crippen LogP contribution in [0.2, 0.25) is 0 Å². The quantitative estimate of drug-likeness (QED) is 0.355. The van der Waals surface area contributed by atoms with E-state index in [-0.39, 0.29) is 11.8 Å². The average Bonchev–Trinajstić information content (AvgIpc) is 3.27. The summed E-state index contributed by atoms with van der Waals surface area (Å²) in [7, 11) is 0. The number of carbonyl (C=O) groups excluding carboxylic acids is 2. The van der Waals surface area contributed by atoms with Gasteiger partial charge < -0.3 is 10.2 Å². The van der Waals surface area contributed by atoms with Gasteiger partial charge >= 0.3 is 0 Å². The maximum atomic E-state index is 12.2. The largest absolute Gasteiger partial charge is 0.372 e. The van der Waals surface area contributed by atoms with E-state index in [9.17, 15) is 9.59 Å². The van der Waals surface area contributed by atoms with Gasteiger partial charge in [-0.2, -0.15) is 0 Å². The Hall–Kier alpha value is -3.45. The summed E-state index contributed by atoms with van der Waals surface area (Å²) in [4.78, 5) is 32.6. The fourth-order valence-corrected chi connectivity index (χ4v) is 4.12. The molecular weight excluding hydrogens is 420 g/mol. The molecule has 1 heterocycles. The number of rotatable bonds is 10. The van der Waals surface area contributed by atoms with E-state index < -0.39 is 0 Å². The molecule has 1 N–H and O–H groups in total.